The highest BCUT2D eigenvalue weighted by molar-refractivity contribution is 6.08. The topological polar surface area (TPSA) is 50.8 Å². The Balaban J connectivity index is 2.29. The van der Waals surface area contributed by atoms with Crippen molar-refractivity contribution >= 4 is 11.6 Å². The van der Waals surface area contributed by atoms with Gasteiger partial charge in [0.15, 0.2) is 0 Å². The number of nitrogens with one attached hydrogen (secondary N) is 1. The molecule has 170 valence electrons. The van der Waals surface area contributed by atoms with Gasteiger partial charge in [0.05, 0.1) is 12.2 Å². The van der Waals surface area contributed by atoms with Crippen molar-refractivity contribution in [3.8, 4) is 11.5 Å². The Bertz CT molecular complexity index is 881. The first-order valence-electron chi connectivity index (χ1n) is 10.3. The minimum atomic E-state index is -4.51. The summed E-state index contributed by atoms with van der Waals surface area (Å²) >= 11 is 0. The van der Waals surface area contributed by atoms with Gasteiger partial charge in [-0.3, -0.25) is 4.79 Å². The maximum Gasteiger partial charge on any atom is 0.416 e. The van der Waals surface area contributed by atoms with E-state index in [1.807, 2.05) is 0 Å². The molecular weight excluding hydrogens is 409 g/mol. The molecule has 0 aliphatic heterocycles. The Morgan fingerprint density at radius 2 is 1.68 bits per heavy atom. The molecule has 0 fully saturated rings. The third-order valence-corrected chi connectivity index (χ3v) is 4.88. The molecule has 0 unspecified atom stereocenters. The van der Waals surface area contributed by atoms with Crippen LogP contribution in [0.1, 0.15) is 42.3 Å². The van der Waals surface area contributed by atoms with Gasteiger partial charge < -0.3 is 19.7 Å². The number of halogens is 3. The Labute approximate surface area is 181 Å². The summed E-state index contributed by atoms with van der Waals surface area (Å²) in [5.41, 5.74) is -0.513. The van der Waals surface area contributed by atoms with Crippen LogP contribution in [0.15, 0.2) is 36.4 Å². The molecule has 0 radical (unpaired) electrons. The number of amides is 1. The summed E-state index contributed by atoms with van der Waals surface area (Å²) in [6, 6.07) is 8.68. The zero-order valence-corrected chi connectivity index (χ0v) is 18.3. The molecule has 2 rings (SSSR count). The van der Waals surface area contributed by atoms with Crippen LogP contribution in [0, 0.1) is 6.92 Å². The lowest BCUT2D eigenvalue weighted by atomic mass is 10.1. The highest BCUT2D eigenvalue weighted by atomic mass is 19.4. The highest BCUT2D eigenvalue weighted by Crippen LogP contribution is 2.34. The second kappa shape index (κ2) is 11.0. The Morgan fingerprint density at radius 3 is 2.26 bits per heavy atom. The van der Waals surface area contributed by atoms with E-state index in [-0.39, 0.29) is 16.8 Å². The molecule has 2 aromatic carbocycles. The molecule has 1 amide bonds. The van der Waals surface area contributed by atoms with Gasteiger partial charge in [0, 0.05) is 12.2 Å². The third kappa shape index (κ3) is 6.62. The number of aryl methyl sites for hydroxylation is 1. The van der Waals surface area contributed by atoms with Crippen LogP contribution in [0.2, 0.25) is 0 Å². The molecule has 2 aromatic rings. The molecule has 0 heterocycles. The van der Waals surface area contributed by atoms with Gasteiger partial charge in [-0.15, -0.1) is 0 Å². The molecule has 0 spiro atoms. The van der Waals surface area contributed by atoms with Crippen molar-refractivity contribution in [1.82, 2.24) is 4.90 Å². The zero-order chi connectivity index (χ0) is 23.0. The smallest absolute Gasteiger partial charge is 0.416 e. The zero-order valence-electron chi connectivity index (χ0n) is 18.3. The summed E-state index contributed by atoms with van der Waals surface area (Å²) in [6.07, 6.45) is -4.51. The number of hydrogen-bond donors (Lipinski definition) is 1. The molecule has 5 nitrogen and oxygen atoms in total. The van der Waals surface area contributed by atoms with E-state index < -0.39 is 17.6 Å². The average molecular weight is 438 g/mol. The van der Waals surface area contributed by atoms with Crippen molar-refractivity contribution < 1.29 is 27.4 Å². The molecule has 0 atom stereocenters. The number of benzene rings is 2. The van der Waals surface area contributed by atoms with E-state index in [0.29, 0.717) is 31.3 Å². The van der Waals surface area contributed by atoms with Crippen molar-refractivity contribution in [2.24, 2.45) is 0 Å². The van der Waals surface area contributed by atoms with E-state index in [9.17, 15) is 18.0 Å². The second-order valence-corrected chi connectivity index (χ2v) is 6.92. The monoisotopic (exact) mass is 438 g/mol. The number of likely N-dealkylation sites (N-methyl/N-ethyl adjacent to an activating group) is 1. The molecule has 0 aromatic heterocycles. The Hall–Kier alpha value is -2.74. The normalized spacial score (nSPS) is 11.5. The molecule has 0 aliphatic rings. The summed E-state index contributed by atoms with van der Waals surface area (Å²) in [5.74, 6) is 0.0288. The average Bonchev–Trinajstić information content (AvgIpc) is 2.72. The van der Waals surface area contributed by atoms with E-state index in [1.165, 1.54) is 19.1 Å². The van der Waals surface area contributed by atoms with Crippen molar-refractivity contribution in [1.29, 1.82) is 0 Å². The number of hydrogen-bond acceptors (Lipinski definition) is 4. The van der Waals surface area contributed by atoms with E-state index in [0.717, 1.165) is 19.2 Å². The second-order valence-electron chi connectivity index (χ2n) is 6.92. The molecule has 0 aliphatic carbocycles. The largest absolute Gasteiger partial charge is 0.493 e. The first kappa shape index (κ1) is 24.5. The maximum atomic E-state index is 13.2. The van der Waals surface area contributed by atoms with E-state index in [2.05, 4.69) is 24.1 Å². The first-order chi connectivity index (χ1) is 14.7. The van der Waals surface area contributed by atoms with Gasteiger partial charge in [-0.1, -0.05) is 26.0 Å². The fourth-order valence-corrected chi connectivity index (χ4v) is 3.15. The quantitative estimate of drug-likeness (QED) is 0.541. The van der Waals surface area contributed by atoms with Crippen LogP contribution >= 0.6 is 0 Å². The van der Waals surface area contributed by atoms with E-state index in [1.54, 1.807) is 25.1 Å². The Kier molecular flexibility index (Phi) is 8.74. The number of ether oxygens (including phenoxy) is 2. The van der Waals surface area contributed by atoms with E-state index >= 15 is 0 Å². The predicted molar refractivity (Wildman–Crippen MR) is 115 cm³/mol. The van der Waals surface area contributed by atoms with Gasteiger partial charge in [-0.25, -0.2) is 0 Å². The van der Waals surface area contributed by atoms with Gasteiger partial charge in [0.1, 0.15) is 23.7 Å². The molecule has 31 heavy (non-hydrogen) atoms. The fraction of sp³-hybridized carbons (Fsp3) is 0.435. The van der Waals surface area contributed by atoms with Crippen LogP contribution in [0.5, 0.6) is 11.5 Å². The lowest BCUT2D eigenvalue weighted by molar-refractivity contribution is -0.138. The molecule has 1 N–H and O–H groups in total. The molecular formula is C23H29F3N2O3. The fourth-order valence-electron chi connectivity index (χ4n) is 3.15. The number of rotatable bonds is 10. The van der Waals surface area contributed by atoms with Crippen molar-refractivity contribution in [3.63, 3.8) is 0 Å². The van der Waals surface area contributed by atoms with Gasteiger partial charge >= 0.3 is 6.18 Å². The molecule has 0 saturated carbocycles. The summed E-state index contributed by atoms with van der Waals surface area (Å²) in [4.78, 5) is 15.2. The van der Waals surface area contributed by atoms with Gasteiger partial charge in [-0.2, -0.15) is 13.2 Å². The minimum absolute atomic E-state index is 0.0447. The number of anilines is 1. The van der Waals surface area contributed by atoms with Crippen molar-refractivity contribution in [2.75, 3.05) is 38.2 Å². The lowest BCUT2D eigenvalue weighted by Gasteiger charge is -2.20. The van der Waals surface area contributed by atoms with Crippen LogP contribution in [0.4, 0.5) is 18.9 Å². The number of alkyl halides is 3. The molecule has 8 heteroatoms. The number of carbonyl (C=O) groups excluding carboxylic acids is 1. The number of carbonyl (C=O) groups is 1. The molecule has 0 bridgehead atoms. The standard InChI is InChI=1S/C23H29F3N2O3/c1-5-28(6-2)13-14-31-20-10-8-9-19(30-7-3)21(20)22(29)27-17-12-11-16(4)18(15-17)23(24,25)26/h8-12,15H,5-7,13-14H2,1-4H3,(H,27,29). The summed E-state index contributed by atoms with van der Waals surface area (Å²) in [7, 11) is 0. The van der Waals surface area contributed by atoms with Crippen molar-refractivity contribution in [3.05, 3.63) is 53.1 Å². The SMILES string of the molecule is CCOc1cccc(OCCN(CC)CC)c1C(=O)Nc1ccc(C)c(C(F)(F)F)c1. The third-order valence-electron chi connectivity index (χ3n) is 4.88. The van der Waals surface area contributed by atoms with Gasteiger partial charge in [0.2, 0.25) is 0 Å². The van der Waals surface area contributed by atoms with Crippen LogP contribution in [0.3, 0.4) is 0 Å². The number of nitrogens with zero attached hydrogens (tertiary/aromatic N) is 1. The lowest BCUT2D eigenvalue weighted by Crippen LogP contribution is -2.28. The van der Waals surface area contributed by atoms with Gasteiger partial charge in [0.25, 0.3) is 5.91 Å². The summed E-state index contributed by atoms with van der Waals surface area (Å²) < 4.78 is 51.1. The van der Waals surface area contributed by atoms with Crippen LogP contribution < -0.4 is 14.8 Å². The van der Waals surface area contributed by atoms with E-state index in [4.69, 9.17) is 9.47 Å². The maximum absolute atomic E-state index is 13.2. The first-order valence-corrected chi connectivity index (χ1v) is 10.3. The van der Waals surface area contributed by atoms with Crippen LogP contribution in [-0.4, -0.2) is 43.7 Å². The van der Waals surface area contributed by atoms with Crippen LogP contribution in [-0.2, 0) is 6.18 Å². The Morgan fingerprint density at radius 1 is 1.03 bits per heavy atom. The predicted octanol–water partition coefficient (Wildman–Crippen LogP) is 5.39. The summed E-state index contributed by atoms with van der Waals surface area (Å²) in [6.45, 7) is 10.4. The molecule has 0 saturated heterocycles. The van der Waals surface area contributed by atoms with Crippen LogP contribution in [0.25, 0.3) is 0 Å². The van der Waals surface area contributed by atoms with Gasteiger partial charge in [-0.05, 0) is 56.8 Å². The summed E-state index contributed by atoms with van der Waals surface area (Å²) in [5, 5.41) is 2.55. The minimum Gasteiger partial charge on any atom is -0.493 e. The van der Waals surface area contributed by atoms with Crippen molar-refractivity contribution in [2.45, 2.75) is 33.9 Å². The highest BCUT2D eigenvalue weighted by Gasteiger charge is 2.32.